The van der Waals surface area contributed by atoms with E-state index in [9.17, 15) is 4.39 Å². The summed E-state index contributed by atoms with van der Waals surface area (Å²) in [5.74, 6) is 0.529. The summed E-state index contributed by atoms with van der Waals surface area (Å²) < 4.78 is 16.6. The molecule has 0 aliphatic rings. The zero-order valence-electron chi connectivity index (χ0n) is 11.1. The van der Waals surface area contributed by atoms with Crippen LogP contribution < -0.4 is 5.73 Å². The Balaban J connectivity index is 1.96. The standard InChI is InChI=1S/C16H13BrFN3/c17-13-5-4-12(15(18)9-13)10-21-7-6-20-16(21)11-2-1-3-14(19)8-11/h1-9H,10,19H2. The summed E-state index contributed by atoms with van der Waals surface area (Å²) in [6.07, 6.45) is 3.54. The van der Waals surface area contributed by atoms with E-state index in [1.54, 1.807) is 12.3 Å². The third-order valence-electron chi connectivity index (χ3n) is 3.22. The molecule has 106 valence electrons. The first-order valence-corrected chi connectivity index (χ1v) is 7.24. The molecule has 0 aliphatic heterocycles. The van der Waals surface area contributed by atoms with Gasteiger partial charge in [0.2, 0.25) is 0 Å². The molecule has 2 N–H and O–H groups in total. The predicted molar refractivity (Wildman–Crippen MR) is 85.3 cm³/mol. The maximum atomic E-state index is 14.0. The van der Waals surface area contributed by atoms with Gasteiger partial charge in [-0.1, -0.05) is 34.1 Å². The molecule has 2 aromatic carbocycles. The van der Waals surface area contributed by atoms with Crippen molar-refractivity contribution in [2.24, 2.45) is 0 Å². The average molecular weight is 346 g/mol. The highest BCUT2D eigenvalue weighted by atomic mass is 79.9. The normalized spacial score (nSPS) is 10.8. The van der Waals surface area contributed by atoms with Gasteiger partial charge in [-0.2, -0.15) is 0 Å². The summed E-state index contributed by atoms with van der Waals surface area (Å²) in [6, 6.07) is 12.6. The first kappa shape index (κ1) is 13.8. The van der Waals surface area contributed by atoms with Gasteiger partial charge in [-0.05, 0) is 24.3 Å². The Morgan fingerprint density at radius 1 is 1.19 bits per heavy atom. The second-order valence-electron chi connectivity index (χ2n) is 4.74. The van der Waals surface area contributed by atoms with Crippen molar-refractivity contribution in [3.05, 3.63) is 70.7 Å². The zero-order chi connectivity index (χ0) is 14.8. The van der Waals surface area contributed by atoms with Gasteiger partial charge in [-0.3, -0.25) is 0 Å². The van der Waals surface area contributed by atoms with E-state index in [2.05, 4.69) is 20.9 Å². The van der Waals surface area contributed by atoms with Crippen molar-refractivity contribution in [3.8, 4) is 11.4 Å². The number of rotatable bonds is 3. The van der Waals surface area contributed by atoms with Crippen LogP contribution >= 0.6 is 15.9 Å². The van der Waals surface area contributed by atoms with Crippen LogP contribution in [0.4, 0.5) is 10.1 Å². The molecule has 3 aromatic rings. The van der Waals surface area contributed by atoms with Gasteiger partial charge < -0.3 is 10.3 Å². The van der Waals surface area contributed by atoms with Gasteiger partial charge >= 0.3 is 0 Å². The summed E-state index contributed by atoms with van der Waals surface area (Å²) >= 11 is 3.26. The van der Waals surface area contributed by atoms with Crippen LogP contribution in [0.1, 0.15) is 5.56 Å². The van der Waals surface area contributed by atoms with Crippen LogP contribution in [0, 0.1) is 5.82 Å². The number of halogens is 2. The minimum atomic E-state index is -0.239. The Morgan fingerprint density at radius 2 is 2.05 bits per heavy atom. The van der Waals surface area contributed by atoms with Crippen molar-refractivity contribution in [1.82, 2.24) is 9.55 Å². The maximum absolute atomic E-state index is 14.0. The van der Waals surface area contributed by atoms with Gasteiger partial charge in [0.1, 0.15) is 11.6 Å². The Bertz CT molecular complexity index is 783. The quantitative estimate of drug-likeness (QED) is 0.726. The van der Waals surface area contributed by atoms with Crippen LogP contribution in [0.2, 0.25) is 0 Å². The monoisotopic (exact) mass is 345 g/mol. The molecule has 0 saturated heterocycles. The Kier molecular flexibility index (Phi) is 3.75. The number of nitrogen functional groups attached to an aromatic ring is 1. The molecule has 0 bridgehead atoms. The summed E-state index contributed by atoms with van der Waals surface area (Å²) in [6.45, 7) is 0.420. The minimum absolute atomic E-state index is 0.239. The van der Waals surface area contributed by atoms with Crippen LogP contribution in [0.3, 0.4) is 0 Å². The molecule has 0 amide bonds. The van der Waals surface area contributed by atoms with Crippen molar-refractivity contribution in [2.75, 3.05) is 5.73 Å². The molecule has 1 aromatic heterocycles. The highest BCUT2D eigenvalue weighted by Crippen LogP contribution is 2.22. The molecule has 3 nitrogen and oxygen atoms in total. The maximum Gasteiger partial charge on any atom is 0.140 e. The van der Waals surface area contributed by atoms with Gasteiger partial charge in [-0.25, -0.2) is 9.37 Å². The predicted octanol–water partition coefficient (Wildman–Crippen LogP) is 4.08. The average Bonchev–Trinajstić information content (AvgIpc) is 2.90. The summed E-state index contributed by atoms with van der Waals surface area (Å²) in [5.41, 5.74) is 8.01. The molecule has 0 atom stereocenters. The fraction of sp³-hybridized carbons (Fsp3) is 0.0625. The molecule has 5 heteroatoms. The fourth-order valence-electron chi connectivity index (χ4n) is 2.21. The molecular formula is C16H13BrFN3. The van der Waals surface area contributed by atoms with Crippen LogP contribution in [0.15, 0.2) is 59.3 Å². The molecule has 1 heterocycles. The molecule has 0 fully saturated rings. The number of nitrogens with two attached hydrogens (primary N) is 1. The van der Waals surface area contributed by atoms with Gasteiger partial charge in [0.15, 0.2) is 0 Å². The third-order valence-corrected chi connectivity index (χ3v) is 3.71. The van der Waals surface area contributed by atoms with E-state index in [0.29, 0.717) is 17.8 Å². The Labute approximate surface area is 130 Å². The van der Waals surface area contributed by atoms with Crippen LogP contribution in [0.5, 0.6) is 0 Å². The SMILES string of the molecule is Nc1cccc(-c2nccn2Cc2ccc(Br)cc2F)c1. The van der Waals surface area contributed by atoms with Crippen molar-refractivity contribution < 1.29 is 4.39 Å². The molecule has 0 saturated carbocycles. The second kappa shape index (κ2) is 5.69. The summed E-state index contributed by atoms with van der Waals surface area (Å²) in [5, 5.41) is 0. The number of anilines is 1. The third kappa shape index (κ3) is 2.97. The Hall–Kier alpha value is -2.14. The molecule has 0 spiro atoms. The molecule has 0 unspecified atom stereocenters. The van der Waals surface area contributed by atoms with Gasteiger partial charge in [0.25, 0.3) is 0 Å². The number of imidazole rings is 1. The van der Waals surface area contributed by atoms with Crippen LogP contribution in [0.25, 0.3) is 11.4 Å². The van der Waals surface area contributed by atoms with Crippen molar-refractivity contribution >= 4 is 21.6 Å². The number of hydrogen-bond acceptors (Lipinski definition) is 2. The van der Waals surface area contributed by atoms with E-state index in [-0.39, 0.29) is 5.82 Å². The highest BCUT2D eigenvalue weighted by molar-refractivity contribution is 9.10. The van der Waals surface area contributed by atoms with E-state index < -0.39 is 0 Å². The lowest BCUT2D eigenvalue weighted by molar-refractivity contribution is 0.599. The molecule has 0 aliphatic carbocycles. The molecule has 3 rings (SSSR count). The second-order valence-corrected chi connectivity index (χ2v) is 5.66. The first-order valence-electron chi connectivity index (χ1n) is 6.44. The summed E-state index contributed by atoms with van der Waals surface area (Å²) in [7, 11) is 0. The van der Waals surface area contributed by atoms with Gasteiger partial charge in [0, 0.05) is 33.7 Å². The smallest absolute Gasteiger partial charge is 0.140 e. The molecule has 21 heavy (non-hydrogen) atoms. The van der Waals surface area contributed by atoms with E-state index in [0.717, 1.165) is 15.9 Å². The van der Waals surface area contributed by atoms with Gasteiger partial charge in [0.05, 0.1) is 6.54 Å². The van der Waals surface area contributed by atoms with Crippen molar-refractivity contribution in [1.29, 1.82) is 0 Å². The minimum Gasteiger partial charge on any atom is -0.399 e. The number of hydrogen-bond donors (Lipinski definition) is 1. The van der Waals surface area contributed by atoms with E-state index >= 15 is 0 Å². The van der Waals surface area contributed by atoms with Gasteiger partial charge in [-0.15, -0.1) is 0 Å². The van der Waals surface area contributed by atoms with E-state index in [4.69, 9.17) is 5.73 Å². The number of nitrogens with zero attached hydrogens (tertiary/aromatic N) is 2. The largest absolute Gasteiger partial charge is 0.399 e. The Morgan fingerprint density at radius 3 is 2.81 bits per heavy atom. The molecular weight excluding hydrogens is 333 g/mol. The fourth-order valence-corrected chi connectivity index (χ4v) is 2.54. The number of benzene rings is 2. The lowest BCUT2D eigenvalue weighted by atomic mass is 10.1. The molecule has 0 radical (unpaired) electrons. The zero-order valence-corrected chi connectivity index (χ0v) is 12.7. The summed E-state index contributed by atoms with van der Waals surface area (Å²) in [4.78, 5) is 4.35. The highest BCUT2D eigenvalue weighted by Gasteiger charge is 2.09. The van der Waals surface area contributed by atoms with E-state index in [1.165, 1.54) is 6.07 Å². The first-order chi connectivity index (χ1) is 10.1. The van der Waals surface area contributed by atoms with E-state index in [1.807, 2.05) is 41.1 Å². The van der Waals surface area contributed by atoms with Crippen LogP contribution in [-0.2, 0) is 6.54 Å². The van der Waals surface area contributed by atoms with Crippen LogP contribution in [-0.4, -0.2) is 9.55 Å². The van der Waals surface area contributed by atoms with Crippen molar-refractivity contribution in [2.45, 2.75) is 6.54 Å². The number of aromatic nitrogens is 2. The lowest BCUT2D eigenvalue weighted by Crippen LogP contribution is -2.03. The lowest BCUT2D eigenvalue weighted by Gasteiger charge is -2.09. The van der Waals surface area contributed by atoms with Crippen molar-refractivity contribution in [3.63, 3.8) is 0 Å². The topological polar surface area (TPSA) is 43.8 Å².